The van der Waals surface area contributed by atoms with E-state index in [2.05, 4.69) is 21.4 Å². The topological polar surface area (TPSA) is 129 Å². The van der Waals surface area contributed by atoms with Crippen LogP contribution >= 0.6 is 11.6 Å². The Morgan fingerprint density at radius 3 is 2.60 bits per heavy atom. The number of nitriles is 1. The summed E-state index contributed by atoms with van der Waals surface area (Å²) in [6, 6.07) is 6.49. The van der Waals surface area contributed by atoms with Crippen LogP contribution in [0.5, 0.6) is 0 Å². The van der Waals surface area contributed by atoms with Gasteiger partial charge in [-0.3, -0.25) is 9.69 Å². The summed E-state index contributed by atoms with van der Waals surface area (Å²) in [6.07, 6.45) is -2.43. The predicted molar refractivity (Wildman–Crippen MR) is 129 cm³/mol. The fraction of sp³-hybridized carbons (Fsp3) is 0.409. The molecule has 2 aromatic heterocycles. The zero-order chi connectivity index (χ0) is 25.3. The third kappa shape index (κ3) is 4.96. The molecular weight excluding hydrogens is 480 g/mol. The minimum atomic E-state index is -2.43. The van der Waals surface area contributed by atoms with Crippen molar-refractivity contribution >= 4 is 34.3 Å². The summed E-state index contributed by atoms with van der Waals surface area (Å²) < 4.78 is 27.1. The highest BCUT2D eigenvalue weighted by atomic mass is 35.5. The van der Waals surface area contributed by atoms with Crippen LogP contribution < -0.4 is 21.6 Å². The predicted octanol–water partition coefficient (Wildman–Crippen LogP) is 2.29. The van der Waals surface area contributed by atoms with Crippen LogP contribution in [0.25, 0.3) is 10.9 Å². The summed E-state index contributed by atoms with van der Waals surface area (Å²) in [5, 5.41) is 15.0. The van der Waals surface area contributed by atoms with Crippen molar-refractivity contribution in [2.24, 2.45) is 0 Å². The lowest BCUT2D eigenvalue weighted by molar-refractivity contribution is 0.0824. The van der Waals surface area contributed by atoms with Gasteiger partial charge in [0.15, 0.2) is 5.82 Å². The number of halogens is 3. The van der Waals surface area contributed by atoms with Crippen LogP contribution in [0, 0.1) is 18.3 Å². The standard InChI is InChI=1S/C22H24ClF2N9O/c1-12-14(10-26)19(31-22(27)29-12)28-13(2)20-30-16-5-3-4-15(23)18(16)21(35)34(20)33-8-6-32(7-9-33)11-17(24)25/h3-5,13,17H,6-9,11H2,1-2H3,(H3,27,28,29,31). The van der Waals surface area contributed by atoms with Gasteiger partial charge >= 0.3 is 0 Å². The Bertz CT molecular complexity index is 1350. The quantitative estimate of drug-likeness (QED) is 0.520. The van der Waals surface area contributed by atoms with E-state index in [-0.39, 0.29) is 39.8 Å². The van der Waals surface area contributed by atoms with Crippen LogP contribution in [-0.4, -0.2) is 63.7 Å². The molecule has 1 aromatic carbocycles. The molecule has 13 heteroatoms. The Labute approximate surface area is 204 Å². The molecule has 0 radical (unpaired) electrons. The van der Waals surface area contributed by atoms with Crippen LogP contribution in [0.1, 0.15) is 30.0 Å². The average molecular weight is 504 g/mol. The second kappa shape index (κ2) is 9.97. The molecule has 1 fully saturated rings. The fourth-order valence-corrected chi connectivity index (χ4v) is 4.42. The van der Waals surface area contributed by atoms with E-state index < -0.39 is 12.5 Å². The maximum atomic E-state index is 13.7. The van der Waals surface area contributed by atoms with Crippen LogP contribution in [0.15, 0.2) is 23.0 Å². The highest BCUT2D eigenvalue weighted by Gasteiger charge is 2.26. The molecule has 184 valence electrons. The van der Waals surface area contributed by atoms with Gasteiger partial charge in [-0.05, 0) is 26.0 Å². The molecule has 1 saturated heterocycles. The van der Waals surface area contributed by atoms with Gasteiger partial charge in [0.25, 0.3) is 12.0 Å². The second-order valence-electron chi connectivity index (χ2n) is 8.23. The molecule has 0 saturated carbocycles. The second-order valence-corrected chi connectivity index (χ2v) is 8.64. The number of hydrogen-bond acceptors (Lipinski definition) is 9. The molecule has 1 aliphatic rings. The zero-order valence-electron chi connectivity index (χ0n) is 19.2. The van der Waals surface area contributed by atoms with Crippen molar-refractivity contribution in [3.05, 3.63) is 50.7 Å². The Hall–Kier alpha value is -3.56. The van der Waals surface area contributed by atoms with E-state index in [1.165, 1.54) is 4.68 Å². The normalized spacial score (nSPS) is 15.4. The number of nitrogen functional groups attached to an aromatic ring is 1. The average Bonchev–Trinajstić information content (AvgIpc) is 2.79. The van der Waals surface area contributed by atoms with Crippen LogP contribution in [0.2, 0.25) is 5.02 Å². The van der Waals surface area contributed by atoms with Gasteiger partial charge in [-0.25, -0.2) is 23.4 Å². The number of fused-ring (bicyclic) bond motifs is 1. The van der Waals surface area contributed by atoms with E-state index in [0.29, 0.717) is 43.2 Å². The van der Waals surface area contributed by atoms with Gasteiger partial charge in [0, 0.05) is 26.2 Å². The molecule has 0 amide bonds. The number of nitrogens with one attached hydrogen (secondary N) is 1. The van der Waals surface area contributed by atoms with Crippen molar-refractivity contribution in [2.45, 2.75) is 26.3 Å². The number of hydrogen-bond donors (Lipinski definition) is 2. The summed E-state index contributed by atoms with van der Waals surface area (Å²) in [5.41, 5.74) is 6.47. The molecule has 1 atom stereocenters. The maximum absolute atomic E-state index is 13.7. The lowest BCUT2D eigenvalue weighted by Gasteiger charge is -2.38. The highest BCUT2D eigenvalue weighted by molar-refractivity contribution is 6.35. The lowest BCUT2D eigenvalue weighted by Crippen LogP contribution is -2.56. The minimum absolute atomic E-state index is 0.00185. The Morgan fingerprint density at radius 1 is 1.23 bits per heavy atom. The molecule has 3 N–H and O–H groups in total. The van der Waals surface area contributed by atoms with Crippen molar-refractivity contribution in [1.82, 2.24) is 24.5 Å². The summed E-state index contributed by atoms with van der Waals surface area (Å²) in [4.78, 5) is 28.2. The zero-order valence-corrected chi connectivity index (χ0v) is 19.9. The number of anilines is 2. The van der Waals surface area contributed by atoms with Crippen molar-refractivity contribution in [2.75, 3.05) is 48.8 Å². The summed E-state index contributed by atoms with van der Waals surface area (Å²) >= 11 is 6.34. The van der Waals surface area contributed by atoms with Gasteiger partial charge < -0.3 is 16.1 Å². The van der Waals surface area contributed by atoms with E-state index in [0.717, 1.165) is 0 Å². The van der Waals surface area contributed by atoms with E-state index in [9.17, 15) is 18.8 Å². The summed E-state index contributed by atoms with van der Waals surface area (Å²) in [5.74, 6) is 0.576. The Kier molecular flexibility index (Phi) is 7.00. The summed E-state index contributed by atoms with van der Waals surface area (Å²) in [7, 11) is 0. The van der Waals surface area contributed by atoms with E-state index >= 15 is 0 Å². The monoisotopic (exact) mass is 503 g/mol. The van der Waals surface area contributed by atoms with Crippen molar-refractivity contribution in [3.8, 4) is 6.07 Å². The van der Waals surface area contributed by atoms with Crippen molar-refractivity contribution < 1.29 is 8.78 Å². The largest absolute Gasteiger partial charge is 0.368 e. The van der Waals surface area contributed by atoms with Crippen LogP contribution in [-0.2, 0) is 0 Å². The first-order valence-electron chi connectivity index (χ1n) is 11.0. The Balaban J connectivity index is 1.78. The first-order valence-corrected chi connectivity index (χ1v) is 11.3. The van der Waals surface area contributed by atoms with Gasteiger partial charge in [0.05, 0.1) is 34.2 Å². The third-order valence-corrected chi connectivity index (χ3v) is 6.15. The van der Waals surface area contributed by atoms with E-state index in [1.807, 2.05) is 0 Å². The summed E-state index contributed by atoms with van der Waals surface area (Å²) in [6.45, 7) is 4.51. The first kappa shape index (κ1) is 24.6. The number of piperazine rings is 1. The van der Waals surface area contributed by atoms with Gasteiger partial charge in [0.1, 0.15) is 17.5 Å². The smallest absolute Gasteiger partial charge is 0.281 e. The van der Waals surface area contributed by atoms with Gasteiger partial charge in [-0.1, -0.05) is 17.7 Å². The number of nitrogens with two attached hydrogens (primary N) is 1. The molecular formula is C22H24ClF2N9O. The molecule has 1 unspecified atom stereocenters. The third-order valence-electron chi connectivity index (χ3n) is 5.84. The number of benzene rings is 1. The minimum Gasteiger partial charge on any atom is -0.368 e. The first-order chi connectivity index (χ1) is 16.7. The molecule has 3 heterocycles. The van der Waals surface area contributed by atoms with Gasteiger partial charge in [-0.2, -0.15) is 10.2 Å². The van der Waals surface area contributed by atoms with Crippen molar-refractivity contribution in [3.63, 3.8) is 0 Å². The number of nitrogens with zero attached hydrogens (tertiary/aromatic N) is 7. The van der Waals surface area contributed by atoms with Gasteiger partial charge in [-0.15, -0.1) is 0 Å². The Morgan fingerprint density at radius 2 is 1.94 bits per heavy atom. The molecule has 4 rings (SSSR count). The molecule has 35 heavy (non-hydrogen) atoms. The van der Waals surface area contributed by atoms with Crippen LogP contribution in [0.4, 0.5) is 20.5 Å². The van der Waals surface area contributed by atoms with Gasteiger partial charge in [0.2, 0.25) is 5.95 Å². The molecule has 0 aliphatic carbocycles. The maximum Gasteiger partial charge on any atom is 0.281 e. The van der Waals surface area contributed by atoms with E-state index in [1.54, 1.807) is 42.0 Å². The number of aromatic nitrogens is 4. The highest BCUT2D eigenvalue weighted by Crippen LogP contribution is 2.25. The van der Waals surface area contributed by atoms with Crippen molar-refractivity contribution in [1.29, 1.82) is 5.26 Å². The molecule has 1 aliphatic heterocycles. The molecule has 10 nitrogen and oxygen atoms in total. The number of alkyl halides is 2. The lowest BCUT2D eigenvalue weighted by atomic mass is 10.2. The molecule has 3 aromatic rings. The molecule has 0 bridgehead atoms. The fourth-order valence-electron chi connectivity index (χ4n) is 4.17. The number of rotatable bonds is 6. The van der Waals surface area contributed by atoms with Crippen LogP contribution in [0.3, 0.4) is 0 Å². The van der Waals surface area contributed by atoms with E-state index in [4.69, 9.17) is 22.3 Å². The molecule has 0 spiro atoms. The SMILES string of the molecule is Cc1nc(N)nc(NC(C)c2nc3cccc(Cl)c3c(=O)n2N2CCN(CC(F)F)CC2)c1C#N. The number of aryl methyl sites for hydroxylation is 1.